The van der Waals surface area contributed by atoms with Crippen molar-refractivity contribution >= 4 is 0 Å². The first-order chi connectivity index (χ1) is 6.61. The predicted octanol–water partition coefficient (Wildman–Crippen LogP) is 1.82. The third-order valence-corrected chi connectivity index (χ3v) is 2.44. The lowest BCUT2D eigenvalue weighted by Crippen LogP contribution is -2.57. The maximum atomic E-state index is 13.6. The first kappa shape index (κ1) is 9.52. The van der Waals surface area contributed by atoms with Crippen molar-refractivity contribution in [2.24, 2.45) is 0 Å². The van der Waals surface area contributed by atoms with Crippen molar-refractivity contribution < 1.29 is 13.2 Å². The van der Waals surface area contributed by atoms with Crippen LogP contribution < -0.4 is 5.32 Å². The van der Waals surface area contributed by atoms with Gasteiger partial charge in [-0.15, -0.1) is 0 Å². The first-order valence-electron chi connectivity index (χ1n) is 4.43. The highest BCUT2D eigenvalue weighted by atomic mass is 19.1. The van der Waals surface area contributed by atoms with Gasteiger partial charge in [0.15, 0.2) is 0 Å². The highest BCUT2D eigenvalue weighted by molar-refractivity contribution is 5.23. The van der Waals surface area contributed by atoms with Gasteiger partial charge in [-0.05, 0) is 12.1 Å². The summed E-state index contributed by atoms with van der Waals surface area (Å²) in [5.41, 5.74) is -1.64. The van der Waals surface area contributed by atoms with Gasteiger partial charge < -0.3 is 5.32 Å². The van der Waals surface area contributed by atoms with Crippen molar-refractivity contribution in [1.29, 1.82) is 0 Å². The molecule has 1 heterocycles. The fourth-order valence-electron chi connectivity index (χ4n) is 1.54. The van der Waals surface area contributed by atoms with Crippen LogP contribution in [-0.4, -0.2) is 18.8 Å². The summed E-state index contributed by atoms with van der Waals surface area (Å²) in [6.45, 7) is 0.335. The normalized spacial score (nSPS) is 19.1. The number of hydrogen-bond donors (Lipinski definition) is 1. The van der Waals surface area contributed by atoms with Crippen LogP contribution in [0.15, 0.2) is 18.2 Å². The molecule has 1 saturated heterocycles. The Labute approximate surface area is 79.9 Å². The smallest absolute Gasteiger partial charge is 0.139 e. The number of halogens is 3. The van der Waals surface area contributed by atoms with Crippen molar-refractivity contribution in [2.75, 3.05) is 13.1 Å². The molecule has 0 amide bonds. The Hall–Kier alpha value is -1.03. The molecule has 76 valence electrons. The van der Waals surface area contributed by atoms with E-state index >= 15 is 0 Å². The van der Waals surface area contributed by atoms with Gasteiger partial charge in [-0.25, -0.2) is 13.2 Å². The first-order valence-corrected chi connectivity index (χ1v) is 4.43. The lowest BCUT2D eigenvalue weighted by molar-refractivity contribution is 0.0889. The average molecular weight is 201 g/mol. The van der Waals surface area contributed by atoms with E-state index in [4.69, 9.17) is 0 Å². The van der Waals surface area contributed by atoms with Crippen LogP contribution in [-0.2, 0) is 6.42 Å². The molecule has 0 unspecified atom stereocenters. The molecule has 0 saturated carbocycles. The Morgan fingerprint density at radius 3 is 2.21 bits per heavy atom. The second-order valence-electron chi connectivity index (χ2n) is 3.63. The molecular weight excluding hydrogens is 191 g/mol. The Balaban J connectivity index is 2.23. The van der Waals surface area contributed by atoms with Crippen LogP contribution in [0.25, 0.3) is 0 Å². The van der Waals surface area contributed by atoms with Crippen molar-refractivity contribution in [3.63, 3.8) is 0 Å². The van der Waals surface area contributed by atoms with E-state index < -0.39 is 17.3 Å². The van der Waals surface area contributed by atoms with Gasteiger partial charge in [0.05, 0.1) is 0 Å². The second kappa shape index (κ2) is 3.28. The molecule has 1 aliphatic rings. The molecule has 4 heteroatoms. The SMILES string of the molecule is Fc1cccc(F)c1CC1(F)CNC1. The van der Waals surface area contributed by atoms with Gasteiger partial charge >= 0.3 is 0 Å². The summed E-state index contributed by atoms with van der Waals surface area (Å²) in [6.07, 6.45) is -0.196. The molecule has 1 aromatic rings. The zero-order valence-corrected chi connectivity index (χ0v) is 7.49. The number of hydrogen-bond acceptors (Lipinski definition) is 1. The Bertz CT molecular complexity index is 327. The molecule has 2 rings (SSSR count). The van der Waals surface area contributed by atoms with Crippen LogP contribution in [0.2, 0.25) is 0 Å². The van der Waals surface area contributed by atoms with Crippen LogP contribution in [0.3, 0.4) is 0 Å². The van der Waals surface area contributed by atoms with Crippen LogP contribution in [0.4, 0.5) is 13.2 Å². The molecule has 0 aliphatic carbocycles. The Morgan fingerprint density at radius 1 is 1.21 bits per heavy atom. The standard InChI is InChI=1S/C10H10F3N/c11-8-2-1-3-9(12)7(8)4-10(13)5-14-6-10/h1-3,14H,4-6H2. The van der Waals surface area contributed by atoms with Crippen molar-refractivity contribution in [3.8, 4) is 0 Å². The molecule has 0 atom stereocenters. The van der Waals surface area contributed by atoms with Crippen molar-refractivity contribution in [1.82, 2.24) is 5.32 Å². The molecule has 14 heavy (non-hydrogen) atoms. The van der Waals surface area contributed by atoms with E-state index in [0.29, 0.717) is 0 Å². The molecule has 0 bridgehead atoms. The zero-order chi connectivity index (χ0) is 10.2. The summed E-state index contributed by atoms with van der Waals surface area (Å²) >= 11 is 0. The second-order valence-corrected chi connectivity index (χ2v) is 3.63. The summed E-state index contributed by atoms with van der Waals surface area (Å²) in [4.78, 5) is 0. The highest BCUT2D eigenvalue weighted by Crippen LogP contribution is 2.25. The van der Waals surface area contributed by atoms with E-state index in [9.17, 15) is 13.2 Å². The minimum absolute atomic E-state index is 0.156. The molecule has 0 aromatic heterocycles. The van der Waals surface area contributed by atoms with Gasteiger partial charge in [-0.1, -0.05) is 6.07 Å². The van der Waals surface area contributed by atoms with Crippen LogP contribution >= 0.6 is 0 Å². The fourth-order valence-corrected chi connectivity index (χ4v) is 1.54. The van der Waals surface area contributed by atoms with E-state index in [1.165, 1.54) is 6.07 Å². The van der Waals surface area contributed by atoms with Gasteiger partial charge in [-0.2, -0.15) is 0 Å². The maximum Gasteiger partial charge on any atom is 0.139 e. The lowest BCUT2D eigenvalue weighted by Gasteiger charge is -2.35. The monoisotopic (exact) mass is 201 g/mol. The van der Waals surface area contributed by atoms with Gasteiger partial charge in [0.25, 0.3) is 0 Å². The molecular formula is C10H10F3N. The number of nitrogens with one attached hydrogen (secondary N) is 1. The summed E-state index contributed by atoms with van der Waals surface area (Å²) in [7, 11) is 0. The third-order valence-electron chi connectivity index (χ3n) is 2.44. The van der Waals surface area contributed by atoms with Crippen LogP contribution in [0.5, 0.6) is 0 Å². The van der Waals surface area contributed by atoms with Crippen LogP contribution in [0.1, 0.15) is 5.56 Å². The minimum atomic E-state index is -1.48. The Morgan fingerprint density at radius 2 is 1.79 bits per heavy atom. The predicted molar refractivity (Wildman–Crippen MR) is 46.8 cm³/mol. The fraction of sp³-hybridized carbons (Fsp3) is 0.400. The topological polar surface area (TPSA) is 12.0 Å². The minimum Gasteiger partial charge on any atom is -0.310 e. The zero-order valence-electron chi connectivity index (χ0n) is 7.49. The number of rotatable bonds is 2. The van der Waals surface area contributed by atoms with Crippen molar-refractivity contribution in [2.45, 2.75) is 12.1 Å². The number of alkyl halides is 1. The van der Waals surface area contributed by atoms with Crippen molar-refractivity contribution in [3.05, 3.63) is 35.4 Å². The van der Waals surface area contributed by atoms with Gasteiger partial charge in [0, 0.05) is 25.1 Å². The molecule has 1 N–H and O–H groups in total. The summed E-state index contributed by atoms with van der Waals surface area (Å²) in [5, 5.41) is 2.74. The average Bonchev–Trinajstić information content (AvgIpc) is 2.09. The van der Waals surface area contributed by atoms with E-state index in [0.717, 1.165) is 12.1 Å². The largest absolute Gasteiger partial charge is 0.310 e. The summed E-state index contributed by atoms with van der Waals surface area (Å²) < 4.78 is 39.8. The van der Waals surface area contributed by atoms with Gasteiger partial charge in [-0.3, -0.25) is 0 Å². The van der Waals surface area contributed by atoms with E-state index in [1.54, 1.807) is 0 Å². The quantitative estimate of drug-likeness (QED) is 0.769. The van der Waals surface area contributed by atoms with Crippen LogP contribution in [0, 0.1) is 11.6 Å². The van der Waals surface area contributed by atoms with Gasteiger partial charge in [0.2, 0.25) is 0 Å². The number of benzene rings is 1. The molecule has 1 fully saturated rings. The molecule has 1 nitrogen and oxygen atoms in total. The van der Waals surface area contributed by atoms with Gasteiger partial charge in [0.1, 0.15) is 17.3 Å². The molecule has 1 aromatic carbocycles. The lowest BCUT2D eigenvalue weighted by atomic mass is 9.90. The Kier molecular flexibility index (Phi) is 2.23. The van der Waals surface area contributed by atoms with E-state index in [-0.39, 0.29) is 25.1 Å². The van der Waals surface area contributed by atoms with E-state index in [1.807, 2.05) is 0 Å². The molecule has 1 aliphatic heterocycles. The summed E-state index contributed by atoms with van der Waals surface area (Å²) in [6, 6.07) is 3.57. The maximum absolute atomic E-state index is 13.6. The third kappa shape index (κ3) is 1.62. The molecule has 0 spiro atoms. The van der Waals surface area contributed by atoms with E-state index in [2.05, 4.69) is 5.32 Å². The summed E-state index contributed by atoms with van der Waals surface area (Å²) in [5.74, 6) is -1.34. The molecule has 0 radical (unpaired) electrons. The highest BCUT2D eigenvalue weighted by Gasteiger charge is 2.38.